The monoisotopic (exact) mass is 283 g/mol. The molecule has 0 aromatic heterocycles. The van der Waals surface area contributed by atoms with Crippen molar-refractivity contribution in [1.29, 1.82) is 0 Å². The highest BCUT2D eigenvalue weighted by Gasteiger charge is 2.49. The number of carboxylic acids is 1. The molecule has 0 radical (unpaired) electrons. The first-order valence-electron chi connectivity index (χ1n) is 7.43. The van der Waals surface area contributed by atoms with Gasteiger partial charge in [0.15, 0.2) is 6.10 Å². The van der Waals surface area contributed by atoms with E-state index in [-0.39, 0.29) is 18.6 Å². The number of nitrogens with zero attached hydrogens (tertiary/aromatic N) is 1. The number of carbonyl (C=O) groups excluding carboxylic acids is 1. The van der Waals surface area contributed by atoms with Gasteiger partial charge < -0.3 is 19.5 Å². The van der Waals surface area contributed by atoms with Crippen LogP contribution in [0.2, 0.25) is 0 Å². The van der Waals surface area contributed by atoms with Gasteiger partial charge >= 0.3 is 5.97 Å². The van der Waals surface area contributed by atoms with Crippen LogP contribution in [0.5, 0.6) is 0 Å². The first kappa shape index (κ1) is 13.8. The van der Waals surface area contributed by atoms with Crippen LogP contribution in [0.4, 0.5) is 0 Å². The van der Waals surface area contributed by atoms with Gasteiger partial charge in [-0.2, -0.15) is 0 Å². The first-order valence-corrected chi connectivity index (χ1v) is 7.43. The van der Waals surface area contributed by atoms with Crippen molar-refractivity contribution in [2.75, 3.05) is 19.8 Å². The smallest absolute Gasteiger partial charge is 0.326 e. The molecule has 3 rings (SSSR count). The summed E-state index contributed by atoms with van der Waals surface area (Å²) in [4.78, 5) is 25.7. The molecule has 1 amide bonds. The summed E-state index contributed by atoms with van der Waals surface area (Å²) in [6.45, 7) is 1.13. The van der Waals surface area contributed by atoms with Crippen molar-refractivity contribution in [3.63, 3.8) is 0 Å². The second kappa shape index (κ2) is 5.69. The van der Waals surface area contributed by atoms with Crippen LogP contribution in [0.3, 0.4) is 0 Å². The van der Waals surface area contributed by atoms with Crippen molar-refractivity contribution in [3.8, 4) is 0 Å². The molecule has 0 unspecified atom stereocenters. The van der Waals surface area contributed by atoms with E-state index in [0.717, 1.165) is 25.7 Å². The van der Waals surface area contributed by atoms with Crippen molar-refractivity contribution in [2.24, 2.45) is 5.92 Å². The van der Waals surface area contributed by atoms with Crippen molar-refractivity contribution >= 4 is 11.9 Å². The number of ether oxygens (including phenoxy) is 2. The fourth-order valence-electron chi connectivity index (χ4n) is 3.79. The van der Waals surface area contributed by atoms with Gasteiger partial charge in [-0.1, -0.05) is 12.8 Å². The molecule has 0 spiro atoms. The molecule has 3 fully saturated rings. The Balaban J connectivity index is 1.79. The average Bonchev–Trinajstić information content (AvgIpc) is 2.87. The number of aliphatic carboxylic acids is 1. The van der Waals surface area contributed by atoms with Gasteiger partial charge in [0.25, 0.3) is 5.91 Å². The zero-order chi connectivity index (χ0) is 14.1. The molecule has 1 saturated carbocycles. The average molecular weight is 283 g/mol. The largest absolute Gasteiger partial charge is 0.480 e. The third kappa shape index (κ3) is 2.42. The van der Waals surface area contributed by atoms with E-state index >= 15 is 0 Å². The molecule has 112 valence electrons. The van der Waals surface area contributed by atoms with Gasteiger partial charge in [0.1, 0.15) is 6.04 Å². The van der Waals surface area contributed by atoms with Crippen LogP contribution >= 0.6 is 0 Å². The lowest BCUT2D eigenvalue weighted by Gasteiger charge is -2.35. The van der Waals surface area contributed by atoms with Crippen molar-refractivity contribution in [1.82, 2.24) is 4.90 Å². The Morgan fingerprint density at radius 1 is 1.15 bits per heavy atom. The van der Waals surface area contributed by atoms with Crippen LogP contribution in [0.1, 0.15) is 32.1 Å². The molecule has 20 heavy (non-hydrogen) atoms. The molecule has 4 atom stereocenters. The Bertz CT molecular complexity index is 393. The van der Waals surface area contributed by atoms with Crippen LogP contribution in [-0.2, 0) is 19.1 Å². The van der Waals surface area contributed by atoms with Crippen molar-refractivity contribution in [2.45, 2.75) is 50.3 Å². The maximum Gasteiger partial charge on any atom is 0.326 e. The molecule has 2 aliphatic heterocycles. The second-order valence-corrected chi connectivity index (χ2v) is 5.88. The van der Waals surface area contributed by atoms with Gasteiger partial charge in [-0.15, -0.1) is 0 Å². The zero-order valence-electron chi connectivity index (χ0n) is 11.5. The number of carbonyl (C=O) groups is 2. The topological polar surface area (TPSA) is 76.1 Å². The van der Waals surface area contributed by atoms with E-state index in [1.54, 1.807) is 4.90 Å². The van der Waals surface area contributed by atoms with E-state index < -0.39 is 18.1 Å². The van der Waals surface area contributed by atoms with Gasteiger partial charge in [0.05, 0.1) is 19.8 Å². The highest BCUT2D eigenvalue weighted by molar-refractivity contribution is 5.87. The van der Waals surface area contributed by atoms with Crippen LogP contribution in [0.15, 0.2) is 0 Å². The van der Waals surface area contributed by atoms with Crippen LogP contribution < -0.4 is 0 Å². The molecule has 1 aliphatic carbocycles. The predicted molar refractivity (Wildman–Crippen MR) is 69.2 cm³/mol. The van der Waals surface area contributed by atoms with Gasteiger partial charge in [-0.25, -0.2) is 4.79 Å². The summed E-state index contributed by atoms with van der Waals surface area (Å²) in [5.41, 5.74) is 0. The predicted octanol–water partition coefficient (Wildman–Crippen LogP) is 0.646. The van der Waals surface area contributed by atoms with E-state index in [1.807, 2.05) is 0 Å². The number of hydrogen-bond acceptors (Lipinski definition) is 4. The molecule has 2 heterocycles. The Hall–Kier alpha value is -1.14. The summed E-state index contributed by atoms with van der Waals surface area (Å²) in [5.74, 6) is -0.769. The molecule has 0 aromatic carbocycles. The highest BCUT2D eigenvalue weighted by Crippen LogP contribution is 2.40. The molecule has 6 nitrogen and oxygen atoms in total. The lowest BCUT2D eigenvalue weighted by Crippen LogP contribution is -2.53. The molecule has 2 saturated heterocycles. The van der Waals surface area contributed by atoms with Crippen LogP contribution in [-0.4, -0.2) is 59.9 Å². The Kier molecular flexibility index (Phi) is 3.94. The molecule has 0 aromatic rings. The number of likely N-dealkylation sites (tertiary alicyclic amines) is 1. The number of hydrogen-bond donors (Lipinski definition) is 1. The van der Waals surface area contributed by atoms with Gasteiger partial charge in [0, 0.05) is 6.04 Å². The molecular weight excluding hydrogens is 262 g/mol. The van der Waals surface area contributed by atoms with E-state index in [4.69, 9.17) is 9.47 Å². The highest BCUT2D eigenvalue weighted by atomic mass is 16.6. The maximum atomic E-state index is 12.6. The number of fused-ring (bicyclic) bond motifs is 1. The molecule has 0 bridgehead atoms. The lowest BCUT2D eigenvalue weighted by atomic mass is 9.84. The molecule has 1 N–H and O–H groups in total. The summed E-state index contributed by atoms with van der Waals surface area (Å²) in [7, 11) is 0. The minimum atomic E-state index is -0.899. The number of amides is 1. The fourth-order valence-corrected chi connectivity index (χ4v) is 3.79. The molecular formula is C14H21NO5. The summed E-state index contributed by atoms with van der Waals surface area (Å²) >= 11 is 0. The first-order chi connectivity index (χ1) is 9.68. The maximum absolute atomic E-state index is 12.6. The molecule has 6 heteroatoms. The minimum Gasteiger partial charge on any atom is -0.480 e. The van der Waals surface area contributed by atoms with Crippen molar-refractivity contribution in [3.05, 3.63) is 0 Å². The normalized spacial score (nSPS) is 37.5. The van der Waals surface area contributed by atoms with E-state index in [1.165, 1.54) is 0 Å². The Morgan fingerprint density at radius 3 is 2.65 bits per heavy atom. The van der Waals surface area contributed by atoms with E-state index in [9.17, 15) is 14.7 Å². The fraction of sp³-hybridized carbons (Fsp3) is 0.857. The third-order valence-electron chi connectivity index (χ3n) is 4.72. The van der Waals surface area contributed by atoms with Gasteiger partial charge in [0.2, 0.25) is 0 Å². The number of rotatable bonds is 2. The quantitative estimate of drug-likeness (QED) is 0.805. The number of carboxylic acid groups (broad SMARTS) is 1. The lowest BCUT2D eigenvalue weighted by molar-refractivity contribution is -0.166. The molecule has 3 aliphatic rings. The minimum absolute atomic E-state index is 0.0721. The summed E-state index contributed by atoms with van der Waals surface area (Å²) in [6, 6.07) is -0.621. The summed E-state index contributed by atoms with van der Waals surface area (Å²) < 4.78 is 10.7. The zero-order valence-corrected chi connectivity index (χ0v) is 11.5. The SMILES string of the molecule is O=C(O)[C@@H]1C[C@@H]2CCCC[C@@H]2N1C(=O)[C@@H]1COCCO1. The van der Waals surface area contributed by atoms with Crippen LogP contribution in [0.25, 0.3) is 0 Å². The second-order valence-electron chi connectivity index (χ2n) is 5.88. The summed E-state index contributed by atoms with van der Waals surface area (Å²) in [6.07, 6.45) is 4.09. The van der Waals surface area contributed by atoms with Crippen LogP contribution in [0, 0.1) is 5.92 Å². The third-order valence-corrected chi connectivity index (χ3v) is 4.72. The summed E-state index contributed by atoms with van der Waals surface area (Å²) in [5, 5.41) is 9.41. The Morgan fingerprint density at radius 2 is 1.95 bits per heavy atom. The van der Waals surface area contributed by atoms with Gasteiger partial charge in [-0.05, 0) is 25.2 Å². The van der Waals surface area contributed by atoms with E-state index in [0.29, 0.717) is 25.6 Å². The van der Waals surface area contributed by atoms with Crippen molar-refractivity contribution < 1.29 is 24.2 Å². The van der Waals surface area contributed by atoms with Gasteiger partial charge in [-0.3, -0.25) is 4.79 Å². The van der Waals surface area contributed by atoms with E-state index in [2.05, 4.69) is 0 Å². The Labute approximate surface area is 118 Å². The standard InChI is InChI=1S/C14H21NO5/c16-13(12-8-19-5-6-20-12)15-10-4-2-1-3-9(10)7-11(15)14(17)18/h9-12H,1-8H2,(H,17,18)/t9-,10-,11-,12-/m0/s1.